The maximum atomic E-state index is 11.7. The van der Waals surface area contributed by atoms with Gasteiger partial charge in [-0.1, -0.05) is 63.7 Å². The monoisotopic (exact) mass is 442 g/mol. The van der Waals surface area contributed by atoms with Gasteiger partial charge in [0.25, 0.3) is 0 Å². The molecule has 2 fully saturated rings. The van der Waals surface area contributed by atoms with E-state index in [2.05, 4.69) is 18.7 Å². The van der Waals surface area contributed by atoms with Gasteiger partial charge >= 0.3 is 5.97 Å². The molecule has 0 saturated heterocycles. The maximum Gasteiger partial charge on any atom is 0.333 e. The van der Waals surface area contributed by atoms with Crippen molar-refractivity contribution in [2.45, 2.75) is 84.0 Å². The minimum Gasteiger partial charge on any atom is -0.491 e. The summed E-state index contributed by atoms with van der Waals surface area (Å²) in [6, 6.07) is 6.33. The smallest absolute Gasteiger partial charge is 0.333 e. The minimum atomic E-state index is -0.359. The van der Waals surface area contributed by atoms with Gasteiger partial charge in [-0.3, -0.25) is 0 Å². The Labute approximate surface area is 194 Å². The number of aryl methyl sites for hydroxylation is 1. The van der Waals surface area contributed by atoms with Crippen LogP contribution in [-0.4, -0.2) is 30.9 Å². The molecule has 0 spiro atoms. The summed E-state index contributed by atoms with van der Waals surface area (Å²) in [6.45, 7) is 5.83. The van der Waals surface area contributed by atoms with Crippen LogP contribution in [0.2, 0.25) is 0 Å². The average molecular weight is 443 g/mol. The van der Waals surface area contributed by atoms with Crippen LogP contribution in [0.25, 0.3) is 0 Å². The van der Waals surface area contributed by atoms with Crippen LogP contribution in [0.3, 0.4) is 0 Å². The summed E-state index contributed by atoms with van der Waals surface area (Å²) in [5.74, 6) is 3.26. The first-order chi connectivity index (χ1) is 15.6. The van der Waals surface area contributed by atoms with Crippen molar-refractivity contribution in [3.05, 3.63) is 41.5 Å². The first-order valence-corrected chi connectivity index (χ1v) is 12.7. The summed E-state index contributed by atoms with van der Waals surface area (Å²) in [4.78, 5) is 11.7. The predicted octanol–water partition coefficient (Wildman–Crippen LogP) is 6.04. The van der Waals surface area contributed by atoms with Crippen molar-refractivity contribution >= 4 is 5.97 Å². The van der Waals surface area contributed by atoms with E-state index in [9.17, 15) is 4.79 Å². The Morgan fingerprint density at radius 3 is 2.41 bits per heavy atom. The van der Waals surface area contributed by atoms with Gasteiger partial charge in [0.2, 0.25) is 0 Å². The molecule has 0 aliphatic heterocycles. The highest BCUT2D eigenvalue weighted by Crippen LogP contribution is 2.41. The van der Waals surface area contributed by atoms with Gasteiger partial charge in [-0.05, 0) is 67.6 Å². The Kier molecular flexibility index (Phi) is 10.1. The number of hydrogen-bond donors (Lipinski definition) is 1. The molecular formula is C28H42O4. The van der Waals surface area contributed by atoms with Gasteiger partial charge in [0.15, 0.2) is 0 Å². The molecule has 0 amide bonds. The fourth-order valence-corrected chi connectivity index (χ4v) is 5.58. The highest BCUT2D eigenvalue weighted by atomic mass is 16.5. The molecule has 2 aliphatic rings. The topological polar surface area (TPSA) is 55.8 Å². The molecule has 1 aromatic rings. The number of aliphatic hydroxyl groups excluding tert-OH is 1. The predicted molar refractivity (Wildman–Crippen MR) is 129 cm³/mol. The molecule has 32 heavy (non-hydrogen) atoms. The highest BCUT2D eigenvalue weighted by molar-refractivity contribution is 5.86. The molecule has 0 heterocycles. The Balaban J connectivity index is 1.49. The third-order valence-corrected chi connectivity index (χ3v) is 7.48. The van der Waals surface area contributed by atoms with Crippen LogP contribution in [0.1, 0.15) is 82.3 Å². The molecule has 1 N–H and O–H groups in total. The number of carbonyl (C=O) groups excluding carboxylic acids is 1. The van der Waals surface area contributed by atoms with Crippen molar-refractivity contribution < 1.29 is 19.4 Å². The third-order valence-electron chi connectivity index (χ3n) is 7.48. The normalized spacial score (nSPS) is 21.8. The lowest BCUT2D eigenvalue weighted by atomic mass is 9.70. The molecule has 0 aromatic heterocycles. The van der Waals surface area contributed by atoms with Crippen molar-refractivity contribution in [1.29, 1.82) is 0 Å². The van der Waals surface area contributed by atoms with Crippen molar-refractivity contribution in [2.24, 2.45) is 17.8 Å². The summed E-state index contributed by atoms with van der Waals surface area (Å²) in [6.07, 6.45) is 15.9. The lowest BCUT2D eigenvalue weighted by Gasteiger charge is -2.36. The van der Waals surface area contributed by atoms with E-state index in [1.165, 1.54) is 69.8 Å². The zero-order valence-electron chi connectivity index (χ0n) is 19.9. The van der Waals surface area contributed by atoms with E-state index in [0.717, 1.165) is 35.5 Å². The van der Waals surface area contributed by atoms with Gasteiger partial charge in [-0.25, -0.2) is 4.79 Å². The van der Waals surface area contributed by atoms with Crippen LogP contribution in [0, 0.1) is 17.8 Å². The van der Waals surface area contributed by atoms with Crippen LogP contribution in [0.4, 0.5) is 0 Å². The van der Waals surface area contributed by atoms with E-state index in [1.54, 1.807) is 6.92 Å². The molecule has 2 saturated carbocycles. The lowest BCUT2D eigenvalue weighted by Crippen LogP contribution is -2.23. The molecular weight excluding hydrogens is 400 g/mol. The van der Waals surface area contributed by atoms with E-state index in [-0.39, 0.29) is 19.2 Å². The van der Waals surface area contributed by atoms with Crippen molar-refractivity contribution in [3.8, 4) is 5.75 Å². The van der Waals surface area contributed by atoms with Gasteiger partial charge in [-0.2, -0.15) is 0 Å². The van der Waals surface area contributed by atoms with Crippen molar-refractivity contribution in [2.75, 3.05) is 19.8 Å². The second kappa shape index (κ2) is 13.0. The van der Waals surface area contributed by atoms with Crippen LogP contribution < -0.4 is 4.74 Å². The summed E-state index contributed by atoms with van der Waals surface area (Å²) < 4.78 is 11.0. The molecule has 178 valence electrons. The zero-order valence-corrected chi connectivity index (χ0v) is 19.9. The Hall–Kier alpha value is -1.81. The van der Waals surface area contributed by atoms with E-state index in [4.69, 9.17) is 14.6 Å². The van der Waals surface area contributed by atoms with Gasteiger partial charge in [0.1, 0.15) is 12.4 Å². The molecule has 3 rings (SSSR count). The molecule has 4 nitrogen and oxygen atoms in total. The Morgan fingerprint density at radius 2 is 1.72 bits per heavy atom. The van der Waals surface area contributed by atoms with Crippen LogP contribution in [0.15, 0.2) is 30.4 Å². The Morgan fingerprint density at radius 1 is 1.00 bits per heavy atom. The molecule has 0 radical (unpaired) electrons. The molecule has 2 aliphatic carbocycles. The zero-order chi connectivity index (χ0) is 22.8. The second-order valence-electron chi connectivity index (χ2n) is 9.90. The van der Waals surface area contributed by atoms with Gasteiger partial charge in [-0.15, -0.1) is 0 Å². The molecule has 0 atom stereocenters. The highest BCUT2D eigenvalue weighted by Gasteiger charge is 2.28. The number of rotatable bonds is 11. The van der Waals surface area contributed by atoms with E-state index in [0.29, 0.717) is 18.6 Å². The van der Waals surface area contributed by atoms with E-state index < -0.39 is 0 Å². The van der Waals surface area contributed by atoms with Crippen LogP contribution >= 0.6 is 0 Å². The first-order valence-electron chi connectivity index (χ1n) is 12.7. The molecule has 0 unspecified atom stereocenters. The Bertz CT molecular complexity index is 727. The van der Waals surface area contributed by atoms with E-state index >= 15 is 0 Å². The maximum absolute atomic E-state index is 11.7. The number of benzene rings is 1. The quantitative estimate of drug-likeness (QED) is 0.335. The second-order valence-corrected chi connectivity index (χ2v) is 9.90. The number of carbonyl (C=O) groups is 1. The number of hydrogen-bond acceptors (Lipinski definition) is 4. The summed E-state index contributed by atoms with van der Waals surface area (Å²) in [5.41, 5.74) is 2.76. The number of esters is 1. The molecule has 4 heteroatoms. The van der Waals surface area contributed by atoms with Gasteiger partial charge in [0, 0.05) is 12.0 Å². The average Bonchev–Trinajstić information content (AvgIpc) is 2.83. The standard InChI is InChI=1S/C28H42O4/c1-21(2)28(30)32-18-16-26-20-23(12-15-27(26)31-19-17-29)9-8-22-10-13-25(14-11-22)24-6-4-3-5-7-24/h12,15,20,22,24-25,29H,1,3-11,13-14,16-19H2,2H3. The SMILES string of the molecule is C=C(C)C(=O)OCCc1cc(CCC2CCC(C3CCCCC3)CC2)ccc1OCCO. The van der Waals surface area contributed by atoms with Crippen molar-refractivity contribution in [3.63, 3.8) is 0 Å². The largest absolute Gasteiger partial charge is 0.491 e. The van der Waals surface area contributed by atoms with Crippen LogP contribution in [0.5, 0.6) is 5.75 Å². The summed E-state index contributed by atoms with van der Waals surface area (Å²) >= 11 is 0. The van der Waals surface area contributed by atoms with Crippen molar-refractivity contribution in [1.82, 2.24) is 0 Å². The van der Waals surface area contributed by atoms with Gasteiger partial charge in [0.05, 0.1) is 13.2 Å². The van der Waals surface area contributed by atoms with E-state index in [1.807, 2.05) is 6.07 Å². The summed E-state index contributed by atoms with van der Waals surface area (Å²) in [7, 11) is 0. The number of aliphatic hydroxyl groups is 1. The molecule has 0 bridgehead atoms. The fourth-order valence-electron chi connectivity index (χ4n) is 5.58. The number of ether oxygens (including phenoxy) is 2. The molecule has 1 aromatic carbocycles. The first kappa shape index (κ1) is 24.8. The van der Waals surface area contributed by atoms with Crippen LogP contribution in [-0.2, 0) is 22.4 Å². The lowest BCUT2D eigenvalue weighted by molar-refractivity contribution is -0.138. The summed E-state index contributed by atoms with van der Waals surface area (Å²) in [5, 5.41) is 9.11. The fraction of sp³-hybridized carbons (Fsp3) is 0.679. The van der Waals surface area contributed by atoms with Gasteiger partial charge < -0.3 is 14.6 Å². The third kappa shape index (κ3) is 7.65. The minimum absolute atomic E-state index is 0.0185.